The molecule has 6 nitrogen and oxygen atoms in total. The summed E-state index contributed by atoms with van der Waals surface area (Å²) in [4.78, 5) is 15.9. The fourth-order valence-electron chi connectivity index (χ4n) is 1.83. The molecule has 8 heteroatoms. The minimum atomic E-state index is -3.56. The number of benzene rings is 1. The van der Waals surface area contributed by atoms with E-state index in [1.165, 1.54) is 17.4 Å². The molecule has 1 heterocycles. The molecule has 2 aromatic rings. The Morgan fingerprint density at radius 3 is 2.71 bits per heavy atom. The van der Waals surface area contributed by atoms with Gasteiger partial charge in [-0.1, -0.05) is 30.3 Å². The zero-order valence-corrected chi connectivity index (χ0v) is 14.9. The summed E-state index contributed by atoms with van der Waals surface area (Å²) in [5, 5.41) is 6.55. The van der Waals surface area contributed by atoms with E-state index in [9.17, 15) is 13.2 Å². The van der Waals surface area contributed by atoms with Gasteiger partial charge < -0.3 is 5.32 Å². The van der Waals surface area contributed by atoms with E-state index in [0.29, 0.717) is 6.54 Å². The number of nitrogens with zero attached hydrogens (tertiary/aromatic N) is 1. The Bertz CT molecular complexity index is 799. The van der Waals surface area contributed by atoms with Crippen molar-refractivity contribution in [3.8, 4) is 0 Å². The van der Waals surface area contributed by atoms with Crippen LogP contribution in [0.3, 0.4) is 0 Å². The Labute approximate surface area is 145 Å². The first-order valence-electron chi connectivity index (χ1n) is 7.35. The van der Waals surface area contributed by atoms with Crippen LogP contribution in [0.25, 0.3) is 6.08 Å². The molecule has 0 saturated carbocycles. The molecule has 24 heavy (non-hydrogen) atoms. The molecule has 0 fully saturated rings. The molecule has 2 N–H and O–H groups in total. The number of aromatic nitrogens is 1. The van der Waals surface area contributed by atoms with Crippen molar-refractivity contribution in [1.82, 2.24) is 15.0 Å². The number of aryl methyl sites for hydroxylation is 1. The zero-order valence-electron chi connectivity index (χ0n) is 13.2. The lowest BCUT2D eigenvalue weighted by Crippen LogP contribution is -2.29. The smallest absolute Gasteiger partial charge is 0.233 e. The van der Waals surface area contributed by atoms with E-state index in [2.05, 4.69) is 15.0 Å². The Kier molecular flexibility index (Phi) is 6.65. The maximum atomic E-state index is 11.8. The van der Waals surface area contributed by atoms with Crippen LogP contribution in [0, 0.1) is 6.92 Å². The number of thiazole rings is 1. The molecular formula is C16H19N3O3S2. The van der Waals surface area contributed by atoms with Crippen LogP contribution in [-0.4, -0.2) is 25.9 Å². The molecule has 0 atom stereocenters. The van der Waals surface area contributed by atoms with Gasteiger partial charge in [0.15, 0.2) is 0 Å². The van der Waals surface area contributed by atoms with Gasteiger partial charge in [0.25, 0.3) is 0 Å². The van der Waals surface area contributed by atoms with Crippen molar-refractivity contribution in [2.24, 2.45) is 0 Å². The SMILES string of the molecule is Cc1csc(CNC(=O)CCNS(=O)(=O)/C=C/c2ccccc2)n1. The monoisotopic (exact) mass is 365 g/mol. The second-order valence-corrected chi connectivity index (χ2v) is 7.66. The largest absolute Gasteiger partial charge is 0.350 e. The van der Waals surface area contributed by atoms with Crippen LogP contribution in [0.1, 0.15) is 22.7 Å². The van der Waals surface area contributed by atoms with Gasteiger partial charge >= 0.3 is 0 Å². The molecule has 1 amide bonds. The first-order chi connectivity index (χ1) is 11.4. The van der Waals surface area contributed by atoms with Crippen molar-refractivity contribution in [2.75, 3.05) is 6.54 Å². The second kappa shape index (κ2) is 8.72. The summed E-state index contributed by atoms with van der Waals surface area (Å²) < 4.78 is 26.0. The third-order valence-corrected chi connectivity index (χ3v) is 5.07. The fraction of sp³-hybridized carbons (Fsp3) is 0.250. The topological polar surface area (TPSA) is 88.2 Å². The van der Waals surface area contributed by atoms with Crippen LogP contribution >= 0.6 is 11.3 Å². The Hall–Kier alpha value is -2.03. The number of sulfonamides is 1. The van der Waals surface area contributed by atoms with Crippen molar-refractivity contribution in [3.05, 3.63) is 57.4 Å². The van der Waals surface area contributed by atoms with E-state index in [4.69, 9.17) is 0 Å². The fourth-order valence-corrected chi connectivity index (χ4v) is 3.36. The quantitative estimate of drug-likeness (QED) is 0.749. The molecule has 2 rings (SSSR count). The van der Waals surface area contributed by atoms with Gasteiger partial charge in [-0.25, -0.2) is 18.1 Å². The van der Waals surface area contributed by atoms with Crippen LogP contribution in [-0.2, 0) is 21.4 Å². The first-order valence-corrected chi connectivity index (χ1v) is 9.78. The highest BCUT2D eigenvalue weighted by molar-refractivity contribution is 7.92. The summed E-state index contributed by atoms with van der Waals surface area (Å²) >= 11 is 1.48. The van der Waals surface area contributed by atoms with Gasteiger partial charge in [0.1, 0.15) is 5.01 Å². The molecule has 0 unspecified atom stereocenters. The van der Waals surface area contributed by atoms with Crippen LogP contribution in [0.5, 0.6) is 0 Å². The van der Waals surface area contributed by atoms with Crippen molar-refractivity contribution >= 4 is 33.3 Å². The lowest BCUT2D eigenvalue weighted by Gasteiger charge is -2.04. The average Bonchev–Trinajstić information content (AvgIpc) is 2.97. The molecule has 0 aliphatic heterocycles. The summed E-state index contributed by atoms with van der Waals surface area (Å²) in [6, 6.07) is 9.12. The summed E-state index contributed by atoms with van der Waals surface area (Å²) in [6.07, 6.45) is 1.58. The molecule has 1 aromatic carbocycles. The Morgan fingerprint density at radius 2 is 2.04 bits per heavy atom. The van der Waals surface area contributed by atoms with Gasteiger partial charge in [-0.05, 0) is 18.6 Å². The molecule has 1 aromatic heterocycles. The van der Waals surface area contributed by atoms with E-state index in [0.717, 1.165) is 21.7 Å². The number of amides is 1. The highest BCUT2D eigenvalue weighted by Crippen LogP contribution is 2.07. The van der Waals surface area contributed by atoms with E-state index in [1.54, 1.807) is 12.1 Å². The van der Waals surface area contributed by atoms with Crippen LogP contribution in [0.4, 0.5) is 0 Å². The third-order valence-electron chi connectivity index (χ3n) is 3.00. The van der Waals surface area contributed by atoms with Crippen molar-refractivity contribution < 1.29 is 13.2 Å². The van der Waals surface area contributed by atoms with Crippen molar-refractivity contribution in [2.45, 2.75) is 19.9 Å². The normalized spacial score (nSPS) is 11.7. The van der Waals surface area contributed by atoms with Gasteiger partial charge in [0, 0.05) is 29.4 Å². The second-order valence-electron chi connectivity index (χ2n) is 5.06. The number of hydrogen-bond donors (Lipinski definition) is 2. The maximum Gasteiger partial charge on any atom is 0.233 e. The maximum absolute atomic E-state index is 11.8. The highest BCUT2D eigenvalue weighted by Gasteiger charge is 2.08. The minimum Gasteiger partial charge on any atom is -0.350 e. The highest BCUT2D eigenvalue weighted by atomic mass is 32.2. The molecule has 0 saturated heterocycles. The standard InChI is InChI=1S/C16H19N3O3S2/c1-13-12-23-16(19-13)11-17-15(20)7-9-18-24(21,22)10-8-14-5-3-2-4-6-14/h2-6,8,10,12,18H,7,9,11H2,1H3,(H,17,20)/b10-8+. The summed E-state index contributed by atoms with van der Waals surface area (Å²) in [5.74, 6) is -0.224. The predicted molar refractivity (Wildman–Crippen MR) is 95.7 cm³/mol. The van der Waals surface area contributed by atoms with Crippen LogP contribution in [0.2, 0.25) is 0 Å². The zero-order chi connectivity index (χ0) is 17.4. The number of hydrogen-bond acceptors (Lipinski definition) is 5. The third kappa shape index (κ3) is 6.61. The number of carbonyl (C=O) groups excluding carboxylic acids is 1. The lowest BCUT2D eigenvalue weighted by atomic mass is 10.2. The van der Waals surface area contributed by atoms with E-state index < -0.39 is 10.0 Å². The van der Waals surface area contributed by atoms with E-state index >= 15 is 0 Å². The molecule has 0 bridgehead atoms. The summed E-state index contributed by atoms with van der Waals surface area (Å²) in [6.45, 7) is 2.29. The van der Waals surface area contributed by atoms with Crippen LogP contribution in [0.15, 0.2) is 41.1 Å². The predicted octanol–water partition coefficient (Wildman–Crippen LogP) is 2.05. The van der Waals surface area contributed by atoms with E-state index in [-0.39, 0.29) is 18.9 Å². The van der Waals surface area contributed by atoms with Gasteiger partial charge in [0.05, 0.1) is 6.54 Å². The van der Waals surface area contributed by atoms with E-state index in [1.807, 2.05) is 30.5 Å². The first kappa shape index (κ1) is 18.3. The van der Waals surface area contributed by atoms with Gasteiger partial charge in [-0.3, -0.25) is 4.79 Å². The number of nitrogens with one attached hydrogen (secondary N) is 2. The van der Waals surface area contributed by atoms with Crippen LogP contribution < -0.4 is 10.0 Å². The minimum absolute atomic E-state index is 0.0458. The molecule has 0 aliphatic rings. The average molecular weight is 365 g/mol. The van der Waals surface area contributed by atoms with Crippen molar-refractivity contribution in [3.63, 3.8) is 0 Å². The summed E-state index contributed by atoms with van der Waals surface area (Å²) in [5.41, 5.74) is 1.71. The van der Waals surface area contributed by atoms with Gasteiger partial charge in [-0.2, -0.15) is 0 Å². The number of carbonyl (C=O) groups is 1. The molecule has 128 valence electrons. The Balaban J connectivity index is 1.72. The summed E-state index contributed by atoms with van der Waals surface area (Å²) in [7, 11) is -3.56. The van der Waals surface area contributed by atoms with Gasteiger partial charge in [0.2, 0.25) is 15.9 Å². The Morgan fingerprint density at radius 1 is 1.29 bits per heavy atom. The lowest BCUT2D eigenvalue weighted by molar-refractivity contribution is -0.121. The molecule has 0 radical (unpaired) electrons. The molecule has 0 spiro atoms. The number of rotatable bonds is 8. The van der Waals surface area contributed by atoms with Gasteiger partial charge in [-0.15, -0.1) is 11.3 Å². The molecular weight excluding hydrogens is 346 g/mol. The molecule has 0 aliphatic carbocycles. The van der Waals surface area contributed by atoms with Crippen molar-refractivity contribution in [1.29, 1.82) is 0 Å².